The molecule has 186 valence electrons. The van der Waals surface area contributed by atoms with Crippen LogP contribution in [0.3, 0.4) is 0 Å². The molecule has 1 N–H and O–H groups in total. The van der Waals surface area contributed by atoms with Gasteiger partial charge < -0.3 is 24.8 Å². The van der Waals surface area contributed by atoms with E-state index in [1.807, 2.05) is 34.2 Å². The summed E-state index contributed by atoms with van der Waals surface area (Å²) in [5, 5.41) is 3.07. The van der Waals surface area contributed by atoms with Gasteiger partial charge in [0.25, 0.3) is 5.91 Å². The number of piperidine rings is 1. The normalized spacial score (nSPS) is 19.8. The maximum Gasteiger partial charge on any atom is 0.322 e. The van der Waals surface area contributed by atoms with E-state index in [0.717, 1.165) is 60.7 Å². The molecular formula is C26H29N7O3. The van der Waals surface area contributed by atoms with Crippen molar-refractivity contribution in [3.63, 3.8) is 0 Å². The number of urea groups is 1. The van der Waals surface area contributed by atoms with Gasteiger partial charge in [0.15, 0.2) is 0 Å². The highest BCUT2D eigenvalue weighted by atomic mass is 16.5. The quantitative estimate of drug-likeness (QED) is 0.710. The van der Waals surface area contributed by atoms with E-state index in [1.54, 1.807) is 13.2 Å². The summed E-state index contributed by atoms with van der Waals surface area (Å²) in [5.74, 6) is 1.48. The van der Waals surface area contributed by atoms with Crippen molar-refractivity contribution in [1.29, 1.82) is 0 Å². The molecule has 1 aromatic carbocycles. The molecule has 0 unspecified atom stereocenters. The molecule has 2 aromatic rings. The van der Waals surface area contributed by atoms with Gasteiger partial charge in [-0.2, -0.15) is 0 Å². The van der Waals surface area contributed by atoms with E-state index in [-0.39, 0.29) is 18.0 Å². The van der Waals surface area contributed by atoms with E-state index >= 15 is 0 Å². The minimum atomic E-state index is -0.0752. The maximum atomic E-state index is 13.1. The number of rotatable bonds is 4. The van der Waals surface area contributed by atoms with Crippen molar-refractivity contribution >= 4 is 29.7 Å². The van der Waals surface area contributed by atoms with Gasteiger partial charge in [0.05, 0.1) is 13.7 Å². The van der Waals surface area contributed by atoms with Crippen molar-refractivity contribution < 1.29 is 14.3 Å². The first-order chi connectivity index (χ1) is 17.6. The van der Waals surface area contributed by atoms with E-state index in [1.165, 1.54) is 11.9 Å². The number of benzene rings is 1. The fraction of sp³-hybridized carbons (Fsp3) is 0.423. The van der Waals surface area contributed by atoms with Gasteiger partial charge in [0.2, 0.25) is 0 Å². The van der Waals surface area contributed by atoms with E-state index < -0.39 is 0 Å². The molecule has 0 spiro atoms. The third kappa shape index (κ3) is 4.16. The SMILES string of the molecule is COc1ccc2c(c1)CCN(C1CCN(c3cc(C(=O)N4CC5=C(CN=C5)C4)ncn3)CC1)C(=O)N2. The number of hydrogen-bond acceptors (Lipinski definition) is 7. The fourth-order valence-corrected chi connectivity index (χ4v) is 5.51. The monoisotopic (exact) mass is 487 g/mol. The Morgan fingerprint density at radius 1 is 1.11 bits per heavy atom. The fourth-order valence-electron chi connectivity index (χ4n) is 5.51. The van der Waals surface area contributed by atoms with Crippen LogP contribution in [0.4, 0.5) is 16.3 Å². The van der Waals surface area contributed by atoms with Crippen molar-refractivity contribution in [2.24, 2.45) is 4.99 Å². The molecule has 0 radical (unpaired) electrons. The van der Waals surface area contributed by atoms with Crippen LogP contribution in [0.5, 0.6) is 5.75 Å². The highest BCUT2D eigenvalue weighted by Crippen LogP contribution is 2.29. The average molecular weight is 488 g/mol. The van der Waals surface area contributed by atoms with Crippen molar-refractivity contribution in [1.82, 2.24) is 19.8 Å². The summed E-state index contributed by atoms with van der Waals surface area (Å²) in [6, 6.07) is 7.67. The Balaban J connectivity index is 1.08. The second kappa shape index (κ2) is 9.25. The Bertz CT molecular complexity index is 1270. The molecule has 6 rings (SSSR count). The summed E-state index contributed by atoms with van der Waals surface area (Å²) in [4.78, 5) is 45.0. The number of carbonyl (C=O) groups is 2. The first kappa shape index (κ1) is 22.5. The molecule has 0 atom stereocenters. The topological polar surface area (TPSA) is 103 Å². The van der Waals surface area contributed by atoms with Gasteiger partial charge in [-0.3, -0.25) is 9.79 Å². The van der Waals surface area contributed by atoms with Crippen LogP contribution in [0.15, 0.2) is 46.7 Å². The van der Waals surface area contributed by atoms with Gasteiger partial charge >= 0.3 is 6.03 Å². The minimum Gasteiger partial charge on any atom is -0.497 e. The van der Waals surface area contributed by atoms with Gasteiger partial charge in [-0.05, 0) is 54.2 Å². The number of carbonyl (C=O) groups excluding carboxylic acids is 2. The number of hydrogen-bond donors (Lipinski definition) is 1. The number of nitrogens with one attached hydrogen (secondary N) is 1. The molecule has 10 heteroatoms. The Morgan fingerprint density at radius 3 is 2.78 bits per heavy atom. The summed E-state index contributed by atoms with van der Waals surface area (Å²) in [7, 11) is 1.65. The summed E-state index contributed by atoms with van der Waals surface area (Å²) >= 11 is 0. The molecule has 0 saturated carbocycles. The number of amides is 3. The van der Waals surface area contributed by atoms with E-state index in [0.29, 0.717) is 31.9 Å². The largest absolute Gasteiger partial charge is 0.497 e. The zero-order valence-electron chi connectivity index (χ0n) is 20.3. The second-order valence-corrected chi connectivity index (χ2v) is 9.64. The molecule has 5 heterocycles. The van der Waals surface area contributed by atoms with Gasteiger partial charge in [-0.15, -0.1) is 0 Å². The molecular weight excluding hydrogens is 458 g/mol. The number of fused-ring (bicyclic) bond motifs is 1. The first-order valence-corrected chi connectivity index (χ1v) is 12.4. The summed E-state index contributed by atoms with van der Waals surface area (Å²) in [5.41, 5.74) is 4.73. The molecule has 4 aliphatic rings. The van der Waals surface area contributed by atoms with Gasteiger partial charge in [-0.25, -0.2) is 14.8 Å². The van der Waals surface area contributed by atoms with Crippen LogP contribution in [0.2, 0.25) is 0 Å². The average Bonchev–Trinajstić information content (AvgIpc) is 3.48. The highest BCUT2D eigenvalue weighted by molar-refractivity contribution is 5.96. The predicted molar refractivity (Wildman–Crippen MR) is 136 cm³/mol. The lowest BCUT2D eigenvalue weighted by Gasteiger charge is -2.38. The van der Waals surface area contributed by atoms with Crippen molar-refractivity contribution in [3.8, 4) is 5.75 Å². The van der Waals surface area contributed by atoms with Crippen LogP contribution in [-0.2, 0) is 6.42 Å². The Labute approximate surface area is 209 Å². The standard InChI is InChI=1S/C26H29N7O3/c1-36-21-2-3-22-17(10-21)4-9-33(26(35)30-22)20-5-7-31(8-6-20)24-11-23(28-16-29-24)25(34)32-14-18-12-27-13-19(18)15-32/h2-3,10-12,16,20H,4-9,13-15H2,1H3,(H,30,35). The smallest absolute Gasteiger partial charge is 0.322 e. The number of ether oxygens (including phenoxy) is 1. The second-order valence-electron chi connectivity index (χ2n) is 9.64. The summed E-state index contributed by atoms with van der Waals surface area (Å²) in [6.07, 6.45) is 5.80. The molecule has 36 heavy (non-hydrogen) atoms. The molecule has 4 aliphatic heterocycles. The van der Waals surface area contributed by atoms with Gasteiger partial charge in [-0.1, -0.05) is 0 Å². The van der Waals surface area contributed by atoms with E-state index in [2.05, 4.69) is 25.2 Å². The van der Waals surface area contributed by atoms with Gasteiger partial charge in [0.1, 0.15) is 23.6 Å². The minimum absolute atomic E-state index is 0.0524. The number of methoxy groups -OCH3 is 1. The van der Waals surface area contributed by atoms with Crippen LogP contribution in [-0.4, -0.2) is 90.3 Å². The third-order valence-corrected chi connectivity index (χ3v) is 7.55. The van der Waals surface area contributed by atoms with Crippen LogP contribution in [0, 0.1) is 0 Å². The van der Waals surface area contributed by atoms with E-state index in [9.17, 15) is 9.59 Å². The van der Waals surface area contributed by atoms with Gasteiger partial charge in [0, 0.05) is 56.7 Å². The highest BCUT2D eigenvalue weighted by Gasteiger charge is 2.32. The van der Waals surface area contributed by atoms with Crippen molar-refractivity contribution in [2.45, 2.75) is 25.3 Å². The Hall–Kier alpha value is -3.95. The molecule has 1 fully saturated rings. The number of aliphatic imine (C=N–C) groups is 1. The zero-order chi connectivity index (χ0) is 24.6. The molecule has 1 aromatic heterocycles. The molecule has 10 nitrogen and oxygen atoms in total. The molecule has 3 amide bonds. The molecule has 0 aliphatic carbocycles. The van der Waals surface area contributed by atoms with E-state index in [4.69, 9.17) is 4.74 Å². The third-order valence-electron chi connectivity index (χ3n) is 7.55. The molecule has 0 bridgehead atoms. The van der Waals surface area contributed by atoms with Crippen LogP contribution >= 0.6 is 0 Å². The van der Waals surface area contributed by atoms with Crippen LogP contribution < -0.4 is 15.0 Å². The Morgan fingerprint density at radius 2 is 1.97 bits per heavy atom. The Kier molecular flexibility index (Phi) is 5.79. The lowest BCUT2D eigenvalue weighted by atomic mass is 10.0. The lowest BCUT2D eigenvalue weighted by molar-refractivity contribution is 0.0790. The predicted octanol–water partition coefficient (Wildman–Crippen LogP) is 2.38. The van der Waals surface area contributed by atoms with Crippen LogP contribution in [0.25, 0.3) is 0 Å². The van der Waals surface area contributed by atoms with Crippen LogP contribution in [0.1, 0.15) is 28.9 Å². The number of nitrogens with zero attached hydrogens (tertiary/aromatic N) is 6. The number of anilines is 2. The number of aromatic nitrogens is 2. The first-order valence-electron chi connectivity index (χ1n) is 12.4. The maximum absolute atomic E-state index is 13.1. The zero-order valence-corrected chi connectivity index (χ0v) is 20.3. The summed E-state index contributed by atoms with van der Waals surface area (Å²) in [6.45, 7) is 4.09. The van der Waals surface area contributed by atoms with Crippen molar-refractivity contribution in [2.75, 3.05) is 56.6 Å². The lowest BCUT2D eigenvalue weighted by Crippen LogP contribution is -2.49. The summed E-state index contributed by atoms with van der Waals surface area (Å²) < 4.78 is 5.34. The van der Waals surface area contributed by atoms with Crippen molar-refractivity contribution in [3.05, 3.63) is 53.0 Å². The molecule has 1 saturated heterocycles.